The molecule has 222 valence electrons. The van der Waals surface area contributed by atoms with Crippen molar-refractivity contribution in [1.29, 1.82) is 0 Å². The van der Waals surface area contributed by atoms with Crippen molar-refractivity contribution >= 4 is 41.0 Å². The van der Waals surface area contributed by atoms with Crippen LogP contribution in [0.5, 0.6) is 5.75 Å². The van der Waals surface area contributed by atoms with Gasteiger partial charge < -0.3 is 18.6 Å². The van der Waals surface area contributed by atoms with Gasteiger partial charge in [-0.25, -0.2) is 14.6 Å². The third-order valence-electron chi connectivity index (χ3n) is 6.67. The van der Waals surface area contributed by atoms with E-state index in [-0.39, 0.29) is 29.4 Å². The SMILES string of the molecule is CCOC(=O)C1=C(C)N=c2s/c(=C\c3ccc(-c4ccc(Cl)c(C(=O)OCC)c4)o3)c(=O)n2[C@@H]1c1ccc(OCC)cc1. The van der Waals surface area contributed by atoms with Crippen LogP contribution in [0, 0.1) is 0 Å². The maximum atomic E-state index is 13.9. The Morgan fingerprint density at radius 3 is 2.42 bits per heavy atom. The summed E-state index contributed by atoms with van der Waals surface area (Å²) in [6, 6.07) is 15.0. The molecule has 0 amide bonds. The van der Waals surface area contributed by atoms with Crippen LogP contribution >= 0.6 is 22.9 Å². The molecule has 0 bridgehead atoms. The van der Waals surface area contributed by atoms with Crippen molar-refractivity contribution in [2.45, 2.75) is 33.7 Å². The van der Waals surface area contributed by atoms with E-state index in [0.717, 1.165) is 0 Å². The summed E-state index contributed by atoms with van der Waals surface area (Å²) in [6.07, 6.45) is 1.63. The number of carbonyl (C=O) groups is 2. The predicted molar refractivity (Wildman–Crippen MR) is 163 cm³/mol. The number of benzene rings is 2. The van der Waals surface area contributed by atoms with Crippen molar-refractivity contribution in [3.63, 3.8) is 0 Å². The first-order chi connectivity index (χ1) is 20.7. The minimum Gasteiger partial charge on any atom is -0.494 e. The summed E-state index contributed by atoms with van der Waals surface area (Å²) in [6.45, 7) is 8.01. The number of ether oxygens (including phenoxy) is 3. The van der Waals surface area contributed by atoms with E-state index in [1.165, 1.54) is 15.9 Å². The van der Waals surface area contributed by atoms with E-state index in [4.69, 9.17) is 30.2 Å². The van der Waals surface area contributed by atoms with Gasteiger partial charge in [-0.05, 0) is 75.7 Å². The van der Waals surface area contributed by atoms with E-state index in [0.29, 0.717) is 55.6 Å². The minimum atomic E-state index is -0.740. The number of furan rings is 1. The maximum absolute atomic E-state index is 13.9. The van der Waals surface area contributed by atoms with Crippen molar-refractivity contribution in [3.8, 4) is 17.1 Å². The van der Waals surface area contributed by atoms with Crippen molar-refractivity contribution in [3.05, 3.63) is 107 Å². The summed E-state index contributed by atoms with van der Waals surface area (Å²) in [4.78, 5) is 44.3. The van der Waals surface area contributed by atoms with Crippen molar-refractivity contribution in [2.24, 2.45) is 4.99 Å². The minimum absolute atomic E-state index is 0.186. The van der Waals surface area contributed by atoms with Crippen molar-refractivity contribution < 1.29 is 28.2 Å². The highest BCUT2D eigenvalue weighted by Gasteiger charge is 2.33. The molecule has 1 atom stereocenters. The van der Waals surface area contributed by atoms with Gasteiger partial charge in [0.1, 0.15) is 17.3 Å². The first-order valence-corrected chi connectivity index (χ1v) is 14.9. The molecule has 1 aliphatic heterocycles. The van der Waals surface area contributed by atoms with Crippen LogP contribution in [-0.4, -0.2) is 36.3 Å². The van der Waals surface area contributed by atoms with Crippen LogP contribution in [0.1, 0.15) is 55.4 Å². The van der Waals surface area contributed by atoms with Gasteiger partial charge >= 0.3 is 11.9 Å². The van der Waals surface area contributed by atoms with Crippen molar-refractivity contribution in [1.82, 2.24) is 4.57 Å². The van der Waals surface area contributed by atoms with Gasteiger partial charge in [0.15, 0.2) is 4.80 Å². The molecular formula is C32H29ClN2O7S. The molecule has 5 rings (SSSR count). The number of aromatic nitrogens is 1. The average molecular weight is 621 g/mol. The van der Waals surface area contributed by atoms with Gasteiger partial charge in [-0.15, -0.1) is 0 Å². The second-order valence-corrected chi connectivity index (χ2v) is 10.8. The lowest BCUT2D eigenvalue weighted by Gasteiger charge is -2.24. The molecule has 0 fully saturated rings. The molecule has 0 N–H and O–H groups in total. The first-order valence-electron chi connectivity index (χ1n) is 13.7. The molecule has 0 radical (unpaired) electrons. The Morgan fingerprint density at radius 1 is 1.00 bits per heavy atom. The zero-order valence-electron chi connectivity index (χ0n) is 24.0. The Balaban J connectivity index is 1.57. The fraction of sp³-hybridized carbons (Fsp3) is 0.250. The quantitative estimate of drug-likeness (QED) is 0.234. The molecule has 2 aromatic carbocycles. The van der Waals surface area contributed by atoms with Crippen LogP contribution in [0.15, 0.2) is 80.1 Å². The average Bonchev–Trinajstić information content (AvgIpc) is 3.57. The third kappa shape index (κ3) is 6.07. The number of allylic oxidation sites excluding steroid dienone is 1. The molecule has 0 saturated carbocycles. The summed E-state index contributed by atoms with van der Waals surface area (Å²) in [5, 5.41) is 0.273. The largest absolute Gasteiger partial charge is 0.494 e. The summed E-state index contributed by atoms with van der Waals surface area (Å²) in [5.74, 6) is 0.529. The Labute approximate surface area is 256 Å². The lowest BCUT2D eigenvalue weighted by molar-refractivity contribution is -0.139. The van der Waals surface area contributed by atoms with Gasteiger partial charge in [0, 0.05) is 11.6 Å². The molecule has 3 heterocycles. The van der Waals surface area contributed by atoms with Crippen LogP contribution in [0.25, 0.3) is 17.4 Å². The van der Waals surface area contributed by atoms with Crippen LogP contribution in [-0.2, 0) is 14.3 Å². The number of hydrogen-bond acceptors (Lipinski definition) is 9. The highest BCUT2D eigenvalue weighted by molar-refractivity contribution is 7.07. The van der Waals surface area contributed by atoms with Gasteiger partial charge in [-0.1, -0.05) is 35.1 Å². The second-order valence-electron chi connectivity index (χ2n) is 9.42. The van der Waals surface area contributed by atoms with Crippen LogP contribution < -0.4 is 19.6 Å². The van der Waals surface area contributed by atoms with E-state index >= 15 is 0 Å². The number of halogens is 1. The van der Waals surface area contributed by atoms with Crippen LogP contribution in [0.2, 0.25) is 5.02 Å². The topological polar surface area (TPSA) is 109 Å². The molecule has 43 heavy (non-hydrogen) atoms. The molecule has 11 heteroatoms. The van der Waals surface area contributed by atoms with E-state index in [1.807, 2.05) is 19.1 Å². The zero-order valence-corrected chi connectivity index (χ0v) is 25.6. The Hall–Kier alpha value is -4.41. The highest BCUT2D eigenvalue weighted by atomic mass is 35.5. The number of carbonyl (C=O) groups excluding carboxylic acids is 2. The first kappa shape index (κ1) is 30.1. The molecule has 0 unspecified atom stereocenters. The Bertz CT molecular complexity index is 1900. The number of esters is 2. The normalized spacial score (nSPS) is 14.7. The summed E-state index contributed by atoms with van der Waals surface area (Å²) in [5.41, 5.74) is 2.02. The molecule has 0 aliphatic carbocycles. The number of hydrogen-bond donors (Lipinski definition) is 0. The van der Waals surface area contributed by atoms with E-state index < -0.39 is 18.0 Å². The standard InChI is InChI=1S/C32H29ClN2O7S/c1-5-39-21-11-8-19(9-12-21)28-27(31(38)41-7-3)18(4)34-32-35(28)29(36)26(43-32)17-22-13-15-25(42-22)20-10-14-24(33)23(16-20)30(37)40-6-2/h8-17,28H,5-7H2,1-4H3/b26-17-/t28-/m1/s1. The van der Waals surface area contributed by atoms with Crippen molar-refractivity contribution in [2.75, 3.05) is 19.8 Å². The molecule has 0 spiro atoms. The smallest absolute Gasteiger partial charge is 0.339 e. The fourth-order valence-corrected chi connectivity index (χ4v) is 6.00. The van der Waals surface area contributed by atoms with Gasteiger partial charge in [0.2, 0.25) is 0 Å². The lowest BCUT2D eigenvalue weighted by Crippen LogP contribution is -2.39. The fourth-order valence-electron chi connectivity index (χ4n) is 4.78. The van der Waals surface area contributed by atoms with Gasteiger partial charge in [-0.3, -0.25) is 9.36 Å². The molecule has 4 aromatic rings. The zero-order chi connectivity index (χ0) is 30.7. The lowest BCUT2D eigenvalue weighted by atomic mass is 9.96. The Kier molecular flexibility index (Phi) is 8.98. The van der Waals surface area contributed by atoms with E-state index in [1.54, 1.807) is 69.3 Å². The molecule has 2 aromatic heterocycles. The second kappa shape index (κ2) is 12.8. The number of fused-ring (bicyclic) bond motifs is 1. The number of nitrogens with zero attached hydrogens (tertiary/aromatic N) is 2. The van der Waals surface area contributed by atoms with Gasteiger partial charge in [0.25, 0.3) is 5.56 Å². The summed E-state index contributed by atoms with van der Waals surface area (Å²) < 4.78 is 24.0. The third-order valence-corrected chi connectivity index (χ3v) is 7.98. The monoisotopic (exact) mass is 620 g/mol. The predicted octanol–water partition coefficient (Wildman–Crippen LogP) is 5.29. The highest BCUT2D eigenvalue weighted by Crippen LogP contribution is 2.32. The van der Waals surface area contributed by atoms with E-state index in [9.17, 15) is 14.4 Å². The van der Waals surface area contributed by atoms with Crippen LogP contribution in [0.3, 0.4) is 0 Å². The Morgan fingerprint density at radius 2 is 1.72 bits per heavy atom. The molecule has 1 aliphatic rings. The summed E-state index contributed by atoms with van der Waals surface area (Å²) in [7, 11) is 0. The number of thiazole rings is 1. The van der Waals surface area contributed by atoms with E-state index in [2.05, 4.69) is 4.99 Å². The van der Waals surface area contributed by atoms with Crippen LogP contribution in [0.4, 0.5) is 0 Å². The maximum Gasteiger partial charge on any atom is 0.339 e. The summed E-state index contributed by atoms with van der Waals surface area (Å²) >= 11 is 7.40. The van der Waals surface area contributed by atoms with Gasteiger partial charge in [0.05, 0.1) is 52.3 Å². The number of rotatable bonds is 9. The molecule has 9 nitrogen and oxygen atoms in total. The van der Waals surface area contributed by atoms with Gasteiger partial charge in [-0.2, -0.15) is 0 Å². The molecular weight excluding hydrogens is 592 g/mol. The molecule has 0 saturated heterocycles.